The van der Waals surface area contributed by atoms with Crippen molar-refractivity contribution in [3.05, 3.63) is 19.8 Å². The summed E-state index contributed by atoms with van der Waals surface area (Å²) in [7, 11) is -5.08. The second-order valence-electron chi connectivity index (χ2n) is 5.23. The van der Waals surface area contributed by atoms with E-state index in [1.807, 2.05) is 0 Å². The predicted octanol–water partition coefficient (Wildman–Crippen LogP) is -5.02. The number of hydrogen-bond donors (Lipinski definition) is 2. The minimum Gasteiger partial charge on any atom is -0.632 e. The first kappa shape index (κ1) is 64.2. The number of halogens is 6. The number of aliphatic hydroxyl groups is 2. The van der Waals surface area contributed by atoms with Crippen molar-refractivity contribution >= 4 is 45.5 Å². The number of aliphatic hydroxyl groups excluding tert-OH is 2. The summed E-state index contributed by atoms with van der Waals surface area (Å²) in [6.45, 7) is 4.78. The molecule has 0 rings (SSSR count). The van der Waals surface area contributed by atoms with Crippen LogP contribution in [0, 0.1) is 14.0 Å². The van der Waals surface area contributed by atoms with E-state index >= 15 is 0 Å². The van der Waals surface area contributed by atoms with Crippen molar-refractivity contribution < 1.29 is 224 Å². The third kappa shape index (κ3) is 159. The second-order valence-corrected chi connectivity index (χ2v) is 5.23. The normalized spacial score (nSPS) is 7.33. The molecule has 0 unspecified atom stereocenters. The molecule has 0 aliphatic carbocycles. The van der Waals surface area contributed by atoms with E-state index in [1.54, 1.807) is 12.6 Å². The van der Waals surface area contributed by atoms with Gasteiger partial charge in [-0.2, -0.15) is 12.8 Å². The summed E-state index contributed by atoms with van der Waals surface area (Å²) < 4.78 is 67.0. The molecule has 39 heavy (non-hydrogen) atoms. The van der Waals surface area contributed by atoms with E-state index < -0.39 is 27.2 Å². The maximum absolute atomic E-state index is 10.6. The van der Waals surface area contributed by atoms with E-state index in [0.717, 1.165) is 0 Å². The number of Topliss-reactive ketones (excluding diaryl/α,β-unsaturated/α-hetero) is 1. The van der Waals surface area contributed by atoms with Crippen molar-refractivity contribution in [3.63, 3.8) is 0 Å². The van der Waals surface area contributed by atoms with Crippen molar-refractivity contribution in [1.29, 1.82) is 0 Å². The first-order chi connectivity index (χ1) is 16.8. The first-order valence-electron chi connectivity index (χ1n) is 9.61. The van der Waals surface area contributed by atoms with Gasteiger partial charge in [0.1, 0.15) is 0 Å². The summed E-state index contributed by atoms with van der Waals surface area (Å²) in [5.41, 5.74) is 6.32. The molecule has 0 atom stereocenters. The number of ketones is 1. The molecule has 214 valence electrons. The van der Waals surface area contributed by atoms with E-state index in [2.05, 4.69) is 18.8 Å². The molecule has 0 saturated heterocycles. The summed E-state index contributed by atoms with van der Waals surface area (Å²) in [5.74, 6) is -0.479. The molecular formula is C18H30B2F6K3NO9-2. The van der Waals surface area contributed by atoms with Crippen LogP contribution in [0.1, 0.15) is 51.9 Å². The Hall–Kier alpha value is 2.16. The Morgan fingerprint density at radius 2 is 1.08 bits per heavy atom. The molecule has 0 aromatic rings. The van der Waals surface area contributed by atoms with Crippen LogP contribution in [0.25, 0.3) is 5.73 Å². The summed E-state index contributed by atoms with van der Waals surface area (Å²) in [6, 6.07) is 0. The Labute approximate surface area is 354 Å². The number of carbonyl (C=O) groups is 3. The molecule has 21 heteroatoms. The monoisotopic (exact) mass is 657 g/mol. The summed E-state index contributed by atoms with van der Waals surface area (Å²) in [5, 5.41) is 15.1. The Bertz CT molecular complexity index is 498. The number of nitrogens with one attached hydrogen (secondary N) is 1. The molecule has 0 aromatic carbocycles. The minimum atomic E-state index is -3.67. The molecule has 0 aromatic heterocycles. The van der Waals surface area contributed by atoms with Gasteiger partial charge in [0.15, 0.2) is 0 Å². The fourth-order valence-corrected chi connectivity index (χ4v) is 1.11. The van der Waals surface area contributed by atoms with Gasteiger partial charge in [0, 0.05) is 0 Å². The second kappa shape index (κ2) is 63.4. The molecule has 1 amide bonds. The topological polar surface area (TPSA) is 168 Å². The summed E-state index contributed by atoms with van der Waals surface area (Å²) in [6.07, 6.45) is 5.90. The number of unbranched alkanes of at least 4 members (excludes halogenated alkanes) is 4. The van der Waals surface area contributed by atoms with Crippen molar-refractivity contribution in [2.75, 3.05) is 19.8 Å². The van der Waals surface area contributed by atoms with Crippen LogP contribution in [-0.4, -0.2) is 75.5 Å². The molecular weight excluding hydrogens is 627 g/mol. The van der Waals surface area contributed by atoms with Crippen LogP contribution in [0.15, 0.2) is 0 Å². The number of rotatable bonds is 12. The first-order valence-corrected chi connectivity index (χ1v) is 9.61. The largest absolute Gasteiger partial charge is 1.00 e. The number of hydrogen-bond acceptors (Lipinski definition) is 9. The van der Waals surface area contributed by atoms with Gasteiger partial charge in [0.2, 0.25) is 6.09 Å². The van der Waals surface area contributed by atoms with E-state index in [-0.39, 0.29) is 180 Å². The minimum absolute atomic E-state index is 0. The molecule has 3 N–H and O–H groups in total. The standard InChI is InChI=1S/C8H13O4.C6H10NO3.C3H5O.CH3O.2BF3.3K/c9-5-2-1-3-7-12-8(11)4-6-10;7-6(9)10-5-3-1-2-4-8;1-3(2)4;1-2;2*2-1(3)4;;;/h10H,1-4,6-7H2;1-3,5H2,(H2,7,9);1H2,2H3;2H,1H2;;;;;/q4*-1;;;3*+1/p-1. The van der Waals surface area contributed by atoms with Crippen LogP contribution in [0.4, 0.5) is 30.7 Å². The van der Waals surface area contributed by atoms with Crippen molar-refractivity contribution in [2.45, 2.75) is 51.9 Å². The molecule has 0 bridgehead atoms. The van der Waals surface area contributed by atoms with Gasteiger partial charge in [-0.1, -0.05) is 12.8 Å². The van der Waals surface area contributed by atoms with Gasteiger partial charge in [0.25, 0.3) is 0 Å². The molecule has 0 spiro atoms. The molecule has 0 saturated carbocycles. The van der Waals surface area contributed by atoms with E-state index in [9.17, 15) is 49.9 Å². The predicted molar refractivity (Wildman–Crippen MR) is 119 cm³/mol. The molecule has 0 heterocycles. The average molecular weight is 657 g/mol. The van der Waals surface area contributed by atoms with E-state index in [1.165, 1.54) is 6.92 Å². The molecule has 0 aliphatic rings. The van der Waals surface area contributed by atoms with Crippen molar-refractivity contribution in [1.82, 2.24) is 0 Å². The van der Waals surface area contributed by atoms with Crippen LogP contribution in [0.3, 0.4) is 0 Å². The Morgan fingerprint density at radius 3 is 1.31 bits per heavy atom. The maximum Gasteiger partial charge on any atom is 1.00 e. The third-order valence-corrected chi connectivity index (χ3v) is 2.16. The number of carbonyl (C=O) groups excluding carboxylic acids is 5. The maximum atomic E-state index is 10.6. The van der Waals surface area contributed by atoms with Gasteiger partial charge >= 0.3 is 175 Å². The van der Waals surface area contributed by atoms with Gasteiger partial charge in [-0.05, 0) is 25.5 Å². The molecule has 10 nitrogen and oxygen atoms in total. The van der Waals surface area contributed by atoms with E-state index in [0.29, 0.717) is 45.1 Å². The zero-order valence-corrected chi connectivity index (χ0v) is 32.0. The van der Waals surface area contributed by atoms with Gasteiger partial charge < -0.3 is 46.7 Å². The van der Waals surface area contributed by atoms with Crippen LogP contribution in [0.5, 0.6) is 0 Å². The van der Waals surface area contributed by atoms with Gasteiger partial charge in [-0.25, -0.2) is 7.11 Å². The van der Waals surface area contributed by atoms with Crippen LogP contribution < -0.4 is 154 Å². The zero-order valence-electron chi connectivity index (χ0n) is 22.7. The van der Waals surface area contributed by atoms with Crippen LogP contribution in [0.2, 0.25) is 0 Å². The molecule has 0 aliphatic heterocycles. The molecule has 0 fully saturated rings. The van der Waals surface area contributed by atoms with Gasteiger partial charge in [-0.15, -0.1) is 0 Å². The number of ether oxygens (including phenoxy) is 2. The van der Waals surface area contributed by atoms with E-state index in [4.69, 9.17) is 20.7 Å². The van der Waals surface area contributed by atoms with Gasteiger partial charge in [0.05, 0.1) is 26.2 Å². The Balaban J connectivity index is -0.0000000429. The Kier molecular flexibility index (Phi) is 104. The summed E-state index contributed by atoms with van der Waals surface area (Å²) >= 11 is 0. The smallest absolute Gasteiger partial charge is 0.632 e. The van der Waals surface area contributed by atoms with Gasteiger partial charge in [-0.3, -0.25) is 48.1 Å². The van der Waals surface area contributed by atoms with Crippen LogP contribution in [-0.2, 0) is 28.7 Å². The van der Waals surface area contributed by atoms with Crippen molar-refractivity contribution in [3.8, 4) is 0 Å². The van der Waals surface area contributed by atoms with Crippen molar-refractivity contribution in [2.24, 2.45) is 0 Å². The number of esters is 1. The average Bonchev–Trinajstić information content (AvgIpc) is 2.74. The Morgan fingerprint density at radius 1 is 0.795 bits per heavy atom. The fourth-order valence-electron chi connectivity index (χ4n) is 1.11. The quantitative estimate of drug-likeness (QED) is 0.0687. The fraction of sp³-hybridized carbons (Fsp3) is 0.611. The van der Waals surface area contributed by atoms with Crippen LogP contribution >= 0.6 is 0 Å². The number of amides is 1. The summed E-state index contributed by atoms with van der Waals surface area (Å²) in [4.78, 5) is 49.2. The SMILES string of the molecule is FB(F)F.FB(F)F.O=[C-]CCCCOC(=O)CCO.[CH2-]C(C)=O.[CH2-]O.[K+].[K+].[K+].[NH-]C(=O)OCCCC[C-]=O. The molecule has 0 radical (unpaired) electrons. The third-order valence-electron chi connectivity index (χ3n) is 2.16. The zero-order chi connectivity index (χ0) is 29.8.